The lowest BCUT2D eigenvalue weighted by Crippen LogP contribution is -2.35. The van der Waals surface area contributed by atoms with Gasteiger partial charge in [0.15, 0.2) is 18.1 Å². The van der Waals surface area contributed by atoms with Crippen molar-refractivity contribution in [2.24, 2.45) is 0 Å². The number of hydrogen-bond donors (Lipinski definition) is 2. The molecule has 170 valence electrons. The number of imidazole rings is 1. The van der Waals surface area contributed by atoms with Gasteiger partial charge in [-0.15, -0.1) is 0 Å². The molecule has 1 fully saturated rings. The molecule has 1 saturated heterocycles. The highest BCUT2D eigenvalue weighted by Gasteiger charge is 2.17. The van der Waals surface area contributed by atoms with Gasteiger partial charge >= 0.3 is 0 Å². The number of H-pyrrole nitrogens is 1. The van der Waals surface area contributed by atoms with Crippen LogP contribution in [0.2, 0.25) is 0 Å². The third-order valence-corrected chi connectivity index (χ3v) is 5.25. The molecule has 0 unspecified atom stereocenters. The summed E-state index contributed by atoms with van der Waals surface area (Å²) in [5.74, 6) is 1.25. The van der Waals surface area contributed by atoms with Gasteiger partial charge in [-0.25, -0.2) is 4.98 Å². The van der Waals surface area contributed by atoms with Crippen LogP contribution in [0, 0.1) is 11.3 Å². The van der Waals surface area contributed by atoms with E-state index in [4.69, 9.17) is 14.2 Å². The van der Waals surface area contributed by atoms with E-state index in [9.17, 15) is 10.1 Å². The third-order valence-electron chi connectivity index (χ3n) is 5.25. The molecule has 8 heteroatoms. The second kappa shape index (κ2) is 10.7. The molecule has 1 amide bonds. The molecule has 2 N–H and O–H groups in total. The fraction of sp³-hybridized carbons (Fsp3) is 0.320. The average molecular weight is 447 g/mol. The van der Waals surface area contributed by atoms with E-state index in [2.05, 4.69) is 21.4 Å². The van der Waals surface area contributed by atoms with E-state index >= 15 is 0 Å². The molecule has 3 aromatic rings. The number of carbonyl (C=O) groups is 1. The number of aromatic nitrogens is 2. The molecule has 1 aliphatic heterocycles. The molecule has 1 aliphatic rings. The molecular formula is C25H26N4O4. The van der Waals surface area contributed by atoms with E-state index in [-0.39, 0.29) is 18.6 Å². The van der Waals surface area contributed by atoms with Crippen LogP contribution in [-0.4, -0.2) is 48.3 Å². The van der Waals surface area contributed by atoms with Gasteiger partial charge in [0, 0.05) is 13.2 Å². The largest absolute Gasteiger partial charge is 0.490 e. The molecule has 1 aromatic heterocycles. The topological polar surface area (TPSA) is 109 Å². The molecule has 0 spiro atoms. The molecule has 33 heavy (non-hydrogen) atoms. The number of para-hydroxylation sites is 2. The Morgan fingerprint density at radius 1 is 1.30 bits per heavy atom. The van der Waals surface area contributed by atoms with Crippen molar-refractivity contribution in [1.82, 2.24) is 15.3 Å². The molecule has 2 aromatic carbocycles. The van der Waals surface area contributed by atoms with Crippen LogP contribution < -0.4 is 14.8 Å². The smallest absolute Gasteiger partial charge is 0.258 e. The summed E-state index contributed by atoms with van der Waals surface area (Å²) in [5.41, 5.74) is 2.82. The number of nitrogens with zero attached hydrogens (tertiary/aromatic N) is 2. The van der Waals surface area contributed by atoms with Gasteiger partial charge in [-0.2, -0.15) is 5.26 Å². The summed E-state index contributed by atoms with van der Waals surface area (Å²) in [5, 5.41) is 12.5. The summed E-state index contributed by atoms with van der Waals surface area (Å²) in [6.45, 7) is 3.42. The second-order valence-corrected chi connectivity index (χ2v) is 7.64. The van der Waals surface area contributed by atoms with Crippen molar-refractivity contribution in [2.45, 2.75) is 25.9 Å². The van der Waals surface area contributed by atoms with E-state index < -0.39 is 0 Å². The highest BCUT2D eigenvalue weighted by Crippen LogP contribution is 2.30. The summed E-state index contributed by atoms with van der Waals surface area (Å²) in [6.07, 6.45) is 3.81. The first kappa shape index (κ1) is 22.4. The van der Waals surface area contributed by atoms with Crippen LogP contribution >= 0.6 is 0 Å². The maximum absolute atomic E-state index is 12.1. The standard InChI is InChI=1S/C25H26N4O4/c1-2-31-23-13-17(12-18(14-26)25-28-20-7-3-4-8-21(20)29-25)9-10-22(23)33-16-24(30)27-15-19-6-5-11-32-19/h3-4,7-10,12-13,19H,2,5-6,11,15-16H2,1H3,(H,27,30)(H,28,29)/b18-12+/t19-/m0/s1. The Kier molecular flexibility index (Phi) is 7.22. The highest BCUT2D eigenvalue weighted by atomic mass is 16.5. The zero-order chi connectivity index (χ0) is 23.0. The first-order valence-electron chi connectivity index (χ1n) is 11.0. The quantitative estimate of drug-likeness (QED) is 0.485. The number of fused-ring (bicyclic) bond motifs is 1. The van der Waals surface area contributed by atoms with Crippen molar-refractivity contribution in [1.29, 1.82) is 5.26 Å². The maximum atomic E-state index is 12.1. The Hall–Kier alpha value is -3.83. The summed E-state index contributed by atoms with van der Waals surface area (Å²) < 4.78 is 16.9. The molecule has 0 bridgehead atoms. The fourth-order valence-corrected chi connectivity index (χ4v) is 3.63. The van der Waals surface area contributed by atoms with E-state index in [1.165, 1.54) is 0 Å². The monoisotopic (exact) mass is 446 g/mol. The summed E-state index contributed by atoms with van der Waals surface area (Å²) in [6, 6.07) is 15.1. The molecule has 4 rings (SSSR count). The molecule has 0 radical (unpaired) electrons. The first-order chi connectivity index (χ1) is 16.2. The molecular weight excluding hydrogens is 420 g/mol. The van der Waals surface area contributed by atoms with Crippen LogP contribution in [0.25, 0.3) is 22.7 Å². The van der Waals surface area contributed by atoms with Crippen LogP contribution in [0.5, 0.6) is 11.5 Å². The lowest BCUT2D eigenvalue weighted by molar-refractivity contribution is -0.123. The number of benzene rings is 2. The molecule has 8 nitrogen and oxygen atoms in total. The average Bonchev–Trinajstić information content (AvgIpc) is 3.50. The molecule has 2 heterocycles. The van der Waals surface area contributed by atoms with Gasteiger partial charge in [0.1, 0.15) is 11.9 Å². The van der Waals surface area contributed by atoms with Gasteiger partial charge in [-0.05, 0) is 55.7 Å². The summed E-state index contributed by atoms with van der Waals surface area (Å²) in [4.78, 5) is 19.8. The minimum atomic E-state index is -0.214. The SMILES string of the molecule is CCOc1cc(/C=C(\C#N)c2nc3ccccc3[nH]2)ccc1OCC(=O)NC[C@@H]1CCCO1. The van der Waals surface area contributed by atoms with Crippen LogP contribution in [0.1, 0.15) is 31.2 Å². The van der Waals surface area contributed by atoms with Gasteiger partial charge in [0.05, 0.1) is 29.3 Å². The first-order valence-corrected chi connectivity index (χ1v) is 11.0. The zero-order valence-electron chi connectivity index (χ0n) is 18.5. The van der Waals surface area contributed by atoms with Crippen molar-refractivity contribution in [2.75, 3.05) is 26.4 Å². The van der Waals surface area contributed by atoms with Gasteiger partial charge in [-0.1, -0.05) is 18.2 Å². The fourth-order valence-electron chi connectivity index (χ4n) is 3.63. The third kappa shape index (κ3) is 5.70. The van der Waals surface area contributed by atoms with Crippen LogP contribution in [-0.2, 0) is 9.53 Å². The number of nitriles is 1. The van der Waals surface area contributed by atoms with Crippen LogP contribution in [0.4, 0.5) is 0 Å². The van der Waals surface area contributed by atoms with E-state index in [1.807, 2.05) is 37.3 Å². The van der Waals surface area contributed by atoms with Crippen molar-refractivity contribution in [3.05, 3.63) is 53.9 Å². The Morgan fingerprint density at radius 3 is 2.94 bits per heavy atom. The number of rotatable bonds is 9. The number of aromatic amines is 1. The summed E-state index contributed by atoms with van der Waals surface area (Å²) >= 11 is 0. The normalized spacial score (nSPS) is 15.9. The van der Waals surface area contributed by atoms with E-state index in [0.29, 0.717) is 36.0 Å². The number of ether oxygens (including phenoxy) is 3. The zero-order valence-corrected chi connectivity index (χ0v) is 18.5. The minimum Gasteiger partial charge on any atom is -0.490 e. The Labute approximate surface area is 192 Å². The maximum Gasteiger partial charge on any atom is 0.258 e. The summed E-state index contributed by atoms with van der Waals surface area (Å²) in [7, 11) is 0. The van der Waals surface area contributed by atoms with Gasteiger partial charge < -0.3 is 24.5 Å². The Balaban J connectivity index is 1.46. The van der Waals surface area contributed by atoms with Crippen molar-refractivity contribution in [3.63, 3.8) is 0 Å². The lowest BCUT2D eigenvalue weighted by atomic mass is 10.1. The highest BCUT2D eigenvalue weighted by molar-refractivity contribution is 5.90. The van der Waals surface area contributed by atoms with Gasteiger partial charge in [0.25, 0.3) is 5.91 Å². The van der Waals surface area contributed by atoms with Crippen LogP contribution in [0.3, 0.4) is 0 Å². The van der Waals surface area contributed by atoms with Gasteiger partial charge in [0.2, 0.25) is 0 Å². The molecule has 1 atom stereocenters. The lowest BCUT2D eigenvalue weighted by Gasteiger charge is -2.14. The molecule has 0 saturated carbocycles. The van der Waals surface area contributed by atoms with Crippen molar-refractivity contribution < 1.29 is 19.0 Å². The number of allylic oxidation sites excluding steroid dienone is 1. The Morgan fingerprint density at radius 2 is 2.18 bits per heavy atom. The number of nitrogens with one attached hydrogen (secondary N) is 2. The van der Waals surface area contributed by atoms with E-state index in [0.717, 1.165) is 36.0 Å². The number of carbonyl (C=O) groups excluding carboxylic acids is 1. The minimum absolute atomic E-state index is 0.0834. The van der Waals surface area contributed by atoms with E-state index in [1.54, 1.807) is 18.2 Å². The predicted octanol–water partition coefficient (Wildman–Crippen LogP) is 3.70. The Bertz CT molecular complexity index is 1160. The predicted molar refractivity (Wildman–Crippen MR) is 125 cm³/mol. The number of hydrogen-bond acceptors (Lipinski definition) is 6. The van der Waals surface area contributed by atoms with Crippen molar-refractivity contribution >= 4 is 28.6 Å². The number of amides is 1. The molecule has 0 aliphatic carbocycles. The second-order valence-electron chi connectivity index (χ2n) is 7.64. The van der Waals surface area contributed by atoms with Gasteiger partial charge in [-0.3, -0.25) is 4.79 Å². The van der Waals surface area contributed by atoms with Crippen LogP contribution in [0.15, 0.2) is 42.5 Å². The van der Waals surface area contributed by atoms with Crippen molar-refractivity contribution in [3.8, 4) is 17.6 Å².